The van der Waals surface area contributed by atoms with E-state index in [9.17, 15) is 4.79 Å². The number of nitrogens with zero attached hydrogens (tertiary/aromatic N) is 2. The summed E-state index contributed by atoms with van der Waals surface area (Å²) in [5.74, 6) is -0.142. The molecular weight excluding hydrogens is 242 g/mol. The predicted molar refractivity (Wildman–Crippen MR) is 71.8 cm³/mol. The van der Waals surface area contributed by atoms with Crippen LogP contribution in [0, 0.1) is 0 Å². The number of fused-ring (bicyclic) bond motifs is 1. The Morgan fingerprint density at radius 2 is 2.11 bits per heavy atom. The standard InChI is InChI=1S/C13H17N5O/c1-17-6-8-18(9-7-17)16-13(19)12-10-4-2-3-5-11(10)14-15-12/h2-5H,6-9H2,1H3,(H,14,15)(H,16,19)/p+1. The summed E-state index contributed by atoms with van der Waals surface area (Å²) in [6.45, 7) is 3.84. The van der Waals surface area contributed by atoms with E-state index in [4.69, 9.17) is 0 Å². The first kappa shape index (κ1) is 12.1. The number of benzene rings is 1. The molecule has 1 aliphatic rings. The maximum atomic E-state index is 12.2. The summed E-state index contributed by atoms with van der Waals surface area (Å²) >= 11 is 0. The summed E-state index contributed by atoms with van der Waals surface area (Å²) in [6.07, 6.45) is 0. The number of rotatable bonds is 2. The first-order chi connectivity index (χ1) is 9.24. The molecule has 1 amide bonds. The molecule has 1 fully saturated rings. The minimum Gasteiger partial charge on any atom is -0.335 e. The molecule has 6 heteroatoms. The Morgan fingerprint density at radius 3 is 2.89 bits per heavy atom. The number of hydrazine groups is 1. The van der Waals surface area contributed by atoms with Crippen molar-refractivity contribution in [2.45, 2.75) is 0 Å². The maximum Gasteiger partial charge on any atom is 0.286 e. The van der Waals surface area contributed by atoms with Gasteiger partial charge in [0.2, 0.25) is 0 Å². The number of hydrogen-bond acceptors (Lipinski definition) is 3. The second-order valence-corrected chi connectivity index (χ2v) is 5.00. The van der Waals surface area contributed by atoms with E-state index in [1.807, 2.05) is 29.3 Å². The molecule has 1 aromatic carbocycles. The van der Waals surface area contributed by atoms with Crippen molar-refractivity contribution in [3.05, 3.63) is 30.0 Å². The Kier molecular flexibility index (Phi) is 3.18. The van der Waals surface area contributed by atoms with Crippen molar-refractivity contribution < 1.29 is 9.69 Å². The fraction of sp³-hybridized carbons (Fsp3) is 0.385. The van der Waals surface area contributed by atoms with Gasteiger partial charge < -0.3 is 4.90 Å². The van der Waals surface area contributed by atoms with E-state index in [0.717, 1.165) is 37.1 Å². The SMILES string of the molecule is C[NH+]1CCN(NC(=O)c2n[nH]c3ccccc23)CC1. The third-order valence-corrected chi connectivity index (χ3v) is 3.56. The summed E-state index contributed by atoms with van der Waals surface area (Å²) < 4.78 is 0. The van der Waals surface area contributed by atoms with Crippen LogP contribution in [0.5, 0.6) is 0 Å². The van der Waals surface area contributed by atoms with Crippen molar-refractivity contribution in [2.24, 2.45) is 0 Å². The van der Waals surface area contributed by atoms with Gasteiger partial charge in [0.15, 0.2) is 5.69 Å². The fourth-order valence-corrected chi connectivity index (χ4v) is 2.33. The molecule has 1 saturated heterocycles. The molecule has 1 aliphatic heterocycles. The van der Waals surface area contributed by atoms with E-state index in [1.165, 1.54) is 4.90 Å². The largest absolute Gasteiger partial charge is 0.335 e. The molecule has 0 bridgehead atoms. The lowest BCUT2D eigenvalue weighted by Gasteiger charge is -2.29. The molecule has 0 radical (unpaired) electrons. The highest BCUT2D eigenvalue weighted by Gasteiger charge is 2.21. The Labute approximate surface area is 111 Å². The zero-order valence-corrected chi connectivity index (χ0v) is 10.9. The number of quaternary nitrogens is 1. The molecule has 0 saturated carbocycles. The highest BCUT2D eigenvalue weighted by Crippen LogP contribution is 2.14. The minimum absolute atomic E-state index is 0.142. The number of likely N-dealkylation sites (N-methyl/N-ethyl adjacent to an activating group) is 1. The van der Waals surface area contributed by atoms with Crippen LogP contribution in [-0.2, 0) is 0 Å². The van der Waals surface area contributed by atoms with E-state index < -0.39 is 0 Å². The van der Waals surface area contributed by atoms with Crippen molar-refractivity contribution in [1.29, 1.82) is 0 Å². The van der Waals surface area contributed by atoms with Crippen LogP contribution in [0.2, 0.25) is 0 Å². The van der Waals surface area contributed by atoms with Crippen LogP contribution >= 0.6 is 0 Å². The van der Waals surface area contributed by atoms with E-state index in [2.05, 4.69) is 22.7 Å². The van der Waals surface area contributed by atoms with Gasteiger partial charge in [-0.1, -0.05) is 18.2 Å². The van der Waals surface area contributed by atoms with Gasteiger partial charge in [-0.05, 0) is 6.07 Å². The zero-order valence-electron chi connectivity index (χ0n) is 10.9. The van der Waals surface area contributed by atoms with Gasteiger partial charge in [0.05, 0.1) is 38.7 Å². The molecule has 2 aromatic rings. The lowest BCUT2D eigenvalue weighted by Crippen LogP contribution is -3.12. The van der Waals surface area contributed by atoms with Gasteiger partial charge in [0.1, 0.15) is 0 Å². The molecule has 0 atom stereocenters. The number of amides is 1. The number of H-pyrrole nitrogens is 1. The number of aromatic amines is 1. The summed E-state index contributed by atoms with van der Waals surface area (Å²) in [5.41, 5.74) is 4.28. The van der Waals surface area contributed by atoms with Gasteiger partial charge >= 0.3 is 0 Å². The van der Waals surface area contributed by atoms with Crippen LogP contribution in [-0.4, -0.2) is 54.3 Å². The highest BCUT2D eigenvalue weighted by molar-refractivity contribution is 6.04. The molecular formula is C13H18N5O+. The van der Waals surface area contributed by atoms with E-state index in [1.54, 1.807) is 0 Å². The topological polar surface area (TPSA) is 65.5 Å². The number of nitrogens with one attached hydrogen (secondary N) is 3. The highest BCUT2D eigenvalue weighted by atomic mass is 16.2. The fourth-order valence-electron chi connectivity index (χ4n) is 2.33. The van der Waals surface area contributed by atoms with Crippen molar-refractivity contribution in [3.8, 4) is 0 Å². The van der Waals surface area contributed by atoms with Crippen LogP contribution in [0.15, 0.2) is 24.3 Å². The zero-order chi connectivity index (χ0) is 13.2. The van der Waals surface area contributed by atoms with E-state index in [0.29, 0.717) is 5.69 Å². The lowest BCUT2D eigenvalue weighted by molar-refractivity contribution is -0.884. The molecule has 100 valence electrons. The Balaban J connectivity index is 1.73. The second kappa shape index (κ2) is 4.99. The molecule has 2 heterocycles. The molecule has 3 rings (SSSR count). The number of carbonyl (C=O) groups excluding carboxylic acids is 1. The van der Waals surface area contributed by atoms with Gasteiger partial charge in [-0.25, -0.2) is 5.01 Å². The van der Waals surface area contributed by atoms with Gasteiger partial charge in [0, 0.05) is 5.39 Å². The Morgan fingerprint density at radius 1 is 1.37 bits per heavy atom. The van der Waals surface area contributed by atoms with Crippen molar-refractivity contribution in [3.63, 3.8) is 0 Å². The predicted octanol–water partition coefficient (Wildman–Crippen LogP) is -0.962. The number of para-hydroxylation sites is 1. The molecule has 1 aromatic heterocycles. The number of hydrogen-bond donors (Lipinski definition) is 3. The lowest BCUT2D eigenvalue weighted by atomic mass is 10.2. The van der Waals surface area contributed by atoms with Crippen molar-refractivity contribution in [2.75, 3.05) is 33.2 Å². The average Bonchev–Trinajstić information content (AvgIpc) is 2.85. The second-order valence-electron chi connectivity index (χ2n) is 5.00. The molecule has 0 unspecified atom stereocenters. The van der Waals surface area contributed by atoms with Crippen LogP contribution in [0.1, 0.15) is 10.5 Å². The van der Waals surface area contributed by atoms with Gasteiger partial charge in [-0.15, -0.1) is 0 Å². The van der Waals surface area contributed by atoms with Crippen molar-refractivity contribution >= 4 is 16.8 Å². The smallest absolute Gasteiger partial charge is 0.286 e. The normalized spacial score (nSPS) is 17.7. The van der Waals surface area contributed by atoms with E-state index in [-0.39, 0.29) is 5.91 Å². The first-order valence-electron chi connectivity index (χ1n) is 6.54. The average molecular weight is 260 g/mol. The van der Waals surface area contributed by atoms with Gasteiger partial charge in [-0.3, -0.25) is 15.3 Å². The maximum absolute atomic E-state index is 12.2. The molecule has 0 aliphatic carbocycles. The van der Waals surface area contributed by atoms with Crippen molar-refractivity contribution in [1.82, 2.24) is 20.6 Å². The quantitative estimate of drug-likeness (QED) is 0.651. The molecule has 0 spiro atoms. The van der Waals surface area contributed by atoms with E-state index >= 15 is 0 Å². The monoisotopic (exact) mass is 260 g/mol. The Hall–Kier alpha value is -1.92. The van der Waals surface area contributed by atoms with Crippen LogP contribution in [0.25, 0.3) is 10.9 Å². The summed E-state index contributed by atoms with van der Waals surface area (Å²) in [6, 6.07) is 7.65. The third kappa shape index (κ3) is 2.45. The van der Waals surface area contributed by atoms with Crippen LogP contribution in [0.3, 0.4) is 0 Å². The third-order valence-electron chi connectivity index (χ3n) is 3.56. The summed E-state index contributed by atoms with van der Waals surface area (Å²) in [4.78, 5) is 13.7. The molecule has 3 N–H and O–H groups in total. The number of piperazine rings is 1. The molecule has 19 heavy (non-hydrogen) atoms. The van der Waals surface area contributed by atoms with Gasteiger partial charge in [-0.2, -0.15) is 5.10 Å². The number of aromatic nitrogens is 2. The van der Waals surface area contributed by atoms with Gasteiger partial charge in [0.25, 0.3) is 5.91 Å². The van der Waals surface area contributed by atoms with Crippen LogP contribution in [0.4, 0.5) is 0 Å². The Bertz CT molecular complexity index is 585. The first-order valence-corrected chi connectivity index (χ1v) is 6.54. The molecule has 6 nitrogen and oxygen atoms in total. The summed E-state index contributed by atoms with van der Waals surface area (Å²) in [7, 11) is 2.17. The minimum atomic E-state index is -0.142. The summed E-state index contributed by atoms with van der Waals surface area (Å²) in [5, 5.41) is 9.82. The van der Waals surface area contributed by atoms with Crippen LogP contribution < -0.4 is 10.3 Å². The number of carbonyl (C=O) groups is 1.